The maximum Gasteiger partial charge on any atom is 0.0445 e. The highest BCUT2D eigenvalue weighted by atomic mass is 16.4. The zero-order valence-corrected chi connectivity index (χ0v) is 11.1. The molecule has 1 aliphatic carbocycles. The van der Waals surface area contributed by atoms with E-state index >= 15 is 0 Å². The first-order chi connectivity index (χ1) is 8.30. The fraction of sp³-hybridized carbons (Fsp3) is 0.933. The molecule has 0 N–H and O–H groups in total. The van der Waals surface area contributed by atoms with Gasteiger partial charge in [-0.2, -0.15) is 0 Å². The van der Waals surface area contributed by atoms with Gasteiger partial charge in [0, 0.05) is 5.97 Å². The van der Waals surface area contributed by atoms with Crippen LogP contribution in [0.1, 0.15) is 83.5 Å². The summed E-state index contributed by atoms with van der Waals surface area (Å²) in [4.78, 5) is 11.0. The molecule has 0 aromatic heterocycles. The predicted octanol–water partition coefficient (Wildman–Crippen LogP) is 3.44. The standard InChI is InChI=1S/C15H28O2/c16-15(17)14-12-10-8-6-4-2-1-3-5-7-9-11-13-14/h14H,1-13H2,(H,16,17)/p-1. The first-order valence-corrected chi connectivity index (χ1v) is 7.51. The number of hydrogen-bond donors (Lipinski definition) is 0. The van der Waals surface area contributed by atoms with Crippen molar-refractivity contribution in [1.82, 2.24) is 0 Å². The smallest absolute Gasteiger partial charge is 0.0445 e. The van der Waals surface area contributed by atoms with E-state index < -0.39 is 5.97 Å². The summed E-state index contributed by atoms with van der Waals surface area (Å²) < 4.78 is 0. The molecule has 0 aromatic carbocycles. The summed E-state index contributed by atoms with van der Waals surface area (Å²) in [5, 5.41) is 11.0. The number of carboxylic acid groups (broad SMARTS) is 1. The van der Waals surface area contributed by atoms with Crippen molar-refractivity contribution >= 4 is 5.97 Å². The van der Waals surface area contributed by atoms with Crippen molar-refractivity contribution in [3.63, 3.8) is 0 Å². The highest BCUT2D eigenvalue weighted by molar-refractivity contribution is 5.67. The van der Waals surface area contributed by atoms with E-state index in [0.29, 0.717) is 0 Å². The Morgan fingerprint density at radius 1 is 0.647 bits per heavy atom. The Kier molecular flexibility index (Phi) is 8.12. The van der Waals surface area contributed by atoms with Crippen LogP contribution in [0.4, 0.5) is 0 Å². The third kappa shape index (κ3) is 7.40. The lowest BCUT2D eigenvalue weighted by molar-refractivity contribution is -0.312. The second-order valence-electron chi connectivity index (χ2n) is 5.48. The van der Waals surface area contributed by atoms with Crippen LogP contribution in [0.15, 0.2) is 0 Å². The van der Waals surface area contributed by atoms with Crippen molar-refractivity contribution in [2.45, 2.75) is 83.5 Å². The highest BCUT2D eigenvalue weighted by Gasteiger charge is 2.09. The third-order valence-electron chi connectivity index (χ3n) is 3.94. The zero-order chi connectivity index (χ0) is 12.3. The minimum Gasteiger partial charge on any atom is -0.550 e. The second-order valence-corrected chi connectivity index (χ2v) is 5.48. The van der Waals surface area contributed by atoms with Crippen molar-refractivity contribution in [3.8, 4) is 0 Å². The molecule has 2 nitrogen and oxygen atoms in total. The van der Waals surface area contributed by atoms with Crippen molar-refractivity contribution < 1.29 is 9.90 Å². The molecule has 0 saturated heterocycles. The van der Waals surface area contributed by atoms with Gasteiger partial charge in [-0.3, -0.25) is 0 Å². The lowest BCUT2D eigenvalue weighted by Crippen LogP contribution is -2.31. The van der Waals surface area contributed by atoms with Gasteiger partial charge in [0.25, 0.3) is 0 Å². The largest absolute Gasteiger partial charge is 0.550 e. The lowest BCUT2D eigenvalue weighted by atomic mass is 9.93. The van der Waals surface area contributed by atoms with Crippen LogP contribution < -0.4 is 5.11 Å². The second kappa shape index (κ2) is 9.49. The van der Waals surface area contributed by atoms with Gasteiger partial charge in [0.1, 0.15) is 0 Å². The summed E-state index contributed by atoms with van der Waals surface area (Å²) in [6.45, 7) is 0. The van der Waals surface area contributed by atoms with Gasteiger partial charge in [-0.15, -0.1) is 0 Å². The van der Waals surface area contributed by atoms with Crippen LogP contribution in [0.2, 0.25) is 0 Å². The fourth-order valence-corrected chi connectivity index (χ4v) is 2.75. The molecule has 0 aromatic rings. The average Bonchev–Trinajstić information content (AvgIpc) is 2.31. The van der Waals surface area contributed by atoms with Crippen LogP contribution in [0.3, 0.4) is 0 Å². The van der Waals surface area contributed by atoms with Crippen molar-refractivity contribution in [2.24, 2.45) is 5.92 Å². The number of carbonyl (C=O) groups excluding carboxylic acids is 1. The molecule has 1 fully saturated rings. The number of carbonyl (C=O) groups is 1. The molecule has 1 rings (SSSR count). The Hall–Kier alpha value is -0.530. The molecule has 1 saturated carbocycles. The summed E-state index contributed by atoms with van der Waals surface area (Å²) in [6.07, 6.45) is 15.5. The number of hydrogen-bond acceptors (Lipinski definition) is 2. The summed E-state index contributed by atoms with van der Waals surface area (Å²) in [7, 11) is 0. The molecule has 0 spiro atoms. The first kappa shape index (κ1) is 14.5. The van der Waals surface area contributed by atoms with E-state index in [1.807, 2.05) is 0 Å². The monoisotopic (exact) mass is 239 g/mol. The number of aliphatic carboxylic acids is 1. The third-order valence-corrected chi connectivity index (χ3v) is 3.94. The SMILES string of the molecule is O=C([O-])C1CCCCCCCCCCCCC1. The van der Waals surface area contributed by atoms with E-state index in [1.54, 1.807) is 0 Å². The van der Waals surface area contributed by atoms with E-state index in [-0.39, 0.29) is 5.92 Å². The lowest BCUT2D eigenvalue weighted by Gasteiger charge is -2.18. The normalized spacial score (nSPS) is 22.8. The van der Waals surface area contributed by atoms with Gasteiger partial charge in [-0.1, -0.05) is 70.6 Å². The summed E-state index contributed by atoms with van der Waals surface area (Å²) in [5.41, 5.74) is 0. The molecule has 0 amide bonds. The van der Waals surface area contributed by atoms with E-state index in [2.05, 4.69) is 0 Å². The summed E-state index contributed by atoms with van der Waals surface area (Å²) >= 11 is 0. The molecular weight excluding hydrogens is 212 g/mol. The molecule has 0 radical (unpaired) electrons. The topological polar surface area (TPSA) is 40.1 Å². The van der Waals surface area contributed by atoms with Crippen LogP contribution in [0.25, 0.3) is 0 Å². The van der Waals surface area contributed by atoms with Gasteiger partial charge >= 0.3 is 0 Å². The van der Waals surface area contributed by atoms with Gasteiger partial charge in [0.2, 0.25) is 0 Å². The van der Waals surface area contributed by atoms with Crippen molar-refractivity contribution in [3.05, 3.63) is 0 Å². The Labute approximate surface area is 106 Å². The molecule has 17 heavy (non-hydrogen) atoms. The van der Waals surface area contributed by atoms with Gasteiger partial charge < -0.3 is 9.90 Å². The summed E-state index contributed by atoms with van der Waals surface area (Å²) in [5.74, 6) is -1.00. The molecule has 100 valence electrons. The van der Waals surface area contributed by atoms with E-state index in [9.17, 15) is 9.90 Å². The van der Waals surface area contributed by atoms with Gasteiger partial charge in [-0.25, -0.2) is 0 Å². The van der Waals surface area contributed by atoms with E-state index in [1.165, 1.54) is 57.8 Å². The van der Waals surface area contributed by atoms with Crippen LogP contribution >= 0.6 is 0 Å². The Bertz CT molecular complexity index is 187. The van der Waals surface area contributed by atoms with Crippen molar-refractivity contribution in [2.75, 3.05) is 0 Å². The van der Waals surface area contributed by atoms with Gasteiger partial charge in [0.05, 0.1) is 0 Å². The fourth-order valence-electron chi connectivity index (χ4n) is 2.75. The molecule has 2 heteroatoms. The number of carboxylic acids is 1. The van der Waals surface area contributed by atoms with Crippen LogP contribution in [-0.2, 0) is 4.79 Å². The average molecular weight is 239 g/mol. The molecule has 0 heterocycles. The van der Waals surface area contributed by atoms with Crippen LogP contribution in [-0.4, -0.2) is 5.97 Å². The Balaban J connectivity index is 2.26. The minimum atomic E-state index is -0.822. The van der Waals surface area contributed by atoms with Gasteiger partial charge in [-0.05, 0) is 18.8 Å². The molecule has 0 aliphatic heterocycles. The number of rotatable bonds is 1. The minimum absolute atomic E-state index is 0.182. The maximum absolute atomic E-state index is 11.0. The van der Waals surface area contributed by atoms with Crippen LogP contribution in [0, 0.1) is 5.92 Å². The predicted molar refractivity (Wildman–Crippen MR) is 68.5 cm³/mol. The molecule has 0 unspecified atom stereocenters. The Morgan fingerprint density at radius 2 is 0.941 bits per heavy atom. The summed E-state index contributed by atoms with van der Waals surface area (Å²) in [6, 6.07) is 0. The zero-order valence-electron chi connectivity index (χ0n) is 11.1. The molecular formula is C15H27O2-. The van der Waals surface area contributed by atoms with E-state index in [0.717, 1.165) is 25.7 Å². The van der Waals surface area contributed by atoms with E-state index in [4.69, 9.17) is 0 Å². The van der Waals surface area contributed by atoms with Crippen LogP contribution in [0.5, 0.6) is 0 Å². The highest BCUT2D eigenvalue weighted by Crippen LogP contribution is 2.20. The Morgan fingerprint density at radius 3 is 1.24 bits per heavy atom. The molecule has 0 atom stereocenters. The van der Waals surface area contributed by atoms with Gasteiger partial charge in [0.15, 0.2) is 0 Å². The quantitative estimate of drug-likeness (QED) is 0.703. The maximum atomic E-state index is 11.0. The molecule has 1 aliphatic rings. The van der Waals surface area contributed by atoms with Crippen molar-refractivity contribution in [1.29, 1.82) is 0 Å². The first-order valence-electron chi connectivity index (χ1n) is 7.51. The molecule has 0 bridgehead atoms.